The van der Waals surface area contributed by atoms with Gasteiger partial charge in [-0.2, -0.15) is 0 Å². The van der Waals surface area contributed by atoms with E-state index in [2.05, 4.69) is 10.2 Å². The van der Waals surface area contributed by atoms with Crippen molar-refractivity contribution in [3.05, 3.63) is 34.6 Å². The molecule has 1 aromatic heterocycles. The van der Waals surface area contributed by atoms with Crippen molar-refractivity contribution in [1.29, 1.82) is 0 Å². The molecule has 1 aliphatic rings. The minimum atomic E-state index is 0.310. The molecule has 4 nitrogen and oxygen atoms in total. The highest BCUT2D eigenvalue weighted by Crippen LogP contribution is 2.38. The third-order valence-electron chi connectivity index (χ3n) is 2.43. The summed E-state index contributed by atoms with van der Waals surface area (Å²) in [4.78, 5) is 1.72. The molecule has 2 heterocycles. The van der Waals surface area contributed by atoms with Gasteiger partial charge >= 0.3 is 0 Å². The van der Waals surface area contributed by atoms with Gasteiger partial charge in [0, 0.05) is 4.90 Å². The normalized spacial score (nSPS) is 13.4. The Morgan fingerprint density at radius 2 is 1.79 bits per heavy atom. The van der Waals surface area contributed by atoms with Crippen LogP contribution in [0.3, 0.4) is 0 Å². The quantitative estimate of drug-likeness (QED) is 0.845. The highest BCUT2D eigenvalue weighted by atomic mass is 35.5. The van der Waals surface area contributed by atoms with Crippen molar-refractivity contribution in [2.75, 3.05) is 13.2 Å². The molecule has 0 radical (unpaired) electrons. The van der Waals surface area contributed by atoms with E-state index in [-0.39, 0.29) is 0 Å². The molecule has 0 aliphatic carbocycles. The van der Waals surface area contributed by atoms with Gasteiger partial charge in [0.25, 0.3) is 0 Å². The van der Waals surface area contributed by atoms with Crippen LogP contribution < -0.4 is 9.47 Å². The molecule has 98 valence electrons. The Hall–Kier alpha value is -1.17. The second kappa shape index (κ2) is 5.45. The van der Waals surface area contributed by atoms with E-state index in [0.717, 1.165) is 21.3 Å². The van der Waals surface area contributed by atoms with Crippen LogP contribution in [0.5, 0.6) is 11.5 Å². The van der Waals surface area contributed by atoms with E-state index in [9.17, 15) is 0 Å². The number of halogens is 2. The summed E-state index contributed by atoms with van der Waals surface area (Å²) in [5, 5.41) is 8.08. The second-order valence-electron chi connectivity index (χ2n) is 3.73. The lowest BCUT2D eigenvalue weighted by molar-refractivity contribution is 0.171. The first-order valence-electron chi connectivity index (χ1n) is 5.48. The van der Waals surface area contributed by atoms with Crippen LogP contribution in [-0.4, -0.2) is 23.4 Å². The number of rotatable bonds is 2. The largest absolute Gasteiger partial charge is 0.486 e. The third-order valence-corrected chi connectivity index (χ3v) is 4.02. The van der Waals surface area contributed by atoms with Crippen molar-refractivity contribution in [2.24, 2.45) is 0 Å². The van der Waals surface area contributed by atoms with Crippen molar-refractivity contribution >= 4 is 35.0 Å². The summed E-state index contributed by atoms with van der Waals surface area (Å²) in [5.74, 6) is 1.49. The molecular formula is C12H8Cl2N2O2S. The highest BCUT2D eigenvalue weighted by Gasteiger charge is 2.13. The number of nitrogens with zero attached hydrogens (tertiary/aromatic N) is 2. The Morgan fingerprint density at radius 1 is 1.00 bits per heavy atom. The average Bonchev–Trinajstić information content (AvgIpc) is 2.43. The average molecular weight is 315 g/mol. The Morgan fingerprint density at radius 3 is 2.63 bits per heavy atom. The minimum absolute atomic E-state index is 0.310. The maximum Gasteiger partial charge on any atom is 0.165 e. The summed E-state index contributed by atoms with van der Waals surface area (Å²) in [5.41, 5.74) is 0. The fourth-order valence-electron chi connectivity index (χ4n) is 1.62. The van der Waals surface area contributed by atoms with Crippen molar-refractivity contribution in [3.63, 3.8) is 0 Å². The SMILES string of the molecule is Clc1cc(Sc2ccc3c(c2)OCCO3)c(Cl)nn1. The highest BCUT2D eigenvalue weighted by molar-refractivity contribution is 7.99. The molecule has 1 aromatic carbocycles. The zero-order valence-electron chi connectivity index (χ0n) is 9.60. The fourth-order valence-corrected chi connectivity index (χ4v) is 2.89. The molecule has 0 bridgehead atoms. The molecular weight excluding hydrogens is 307 g/mol. The van der Waals surface area contributed by atoms with Gasteiger partial charge in [0.05, 0.1) is 4.90 Å². The maximum atomic E-state index is 5.98. The second-order valence-corrected chi connectivity index (χ2v) is 5.59. The number of ether oxygens (including phenoxy) is 2. The fraction of sp³-hybridized carbons (Fsp3) is 0.167. The van der Waals surface area contributed by atoms with Gasteiger partial charge in [0.1, 0.15) is 13.2 Å². The number of hydrogen-bond donors (Lipinski definition) is 0. The maximum absolute atomic E-state index is 5.98. The molecule has 0 atom stereocenters. The van der Waals surface area contributed by atoms with Gasteiger partial charge < -0.3 is 9.47 Å². The van der Waals surface area contributed by atoms with Crippen molar-refractivity contribution in [1.82, 2.24) is 10.2 Å². The van der Waals surface area contributed by atoms with E-state index < -0.39 is 0 Å². The van der Waals surface area contributed by atoms with Gasteiger partial charge in [-0.05, 0) is 24.3 Å². The lowest BCUT2D eigenvalue weighted by Crippen LogP contribution is -2.15. The van der Waals surface area contributed by atoms with Crippen LogP contribution in [0.1, 0.15) is 0 Å². The van der Waals surface area contributed by atoms with Crippen LogP contribution in [-0.2, 0) is 0 Å². The van der Waals surface area contributed by atoms with Crippen molar-refractivity contribution in [3.8, 4) is 11.5 Å². The first-order valence-corrected chi connectivity index (χ1v) is 7.06. The summed E-state index contributed by atoms with van der Waals surface area (Å²) in [6.07, 6.45) is 0. The summed E-state index contributed by atoms with van der Waals surface area (Å²) in [6, 6.07) is 7.39. The van der Waals surface area contributed by atoms with E-state index >= 15 is 0 Å². The van der Waals surface area contributed by atoms with Crippen molar-refractivity contribution in [2.45, 2.75) is 9.79 Å². The zero-order valence-corrected chi connectivity index (χ0v) is 11.9. The summed E-state index contributed by atoms with van der Waals surface area (Å²) >= 11 is 13.2. The van der Waals surface area contributed by atoms with Crippen LogP contribution >= 0.6 is 35.0 Å². The Bertz CT molecular complexity index is 625. The van der Waals surface area contributed by atoms with Gasteiger partial charge in [0.15, 0.2) is 21.8 Å². The molecule has 1 aliphatic heterocycles. The minimum Gasteiger partial charge on any atom is -0.486 e. The van der Waals surface area contributed by atoms with E-state index in [1.54, 1.807) is 6.07 Å². The molecule has 0 unspecified atom stereocenters. The van der Waals surface area contributed by atoms with Crippen LogP contribution in [0.4, 0.5) is 0 Å². The molecule has 0 N–H and O–H groups in total. The predicted molar refractivity (Wildman–Crippen MR) is 73.6 cm³/mol. The van der Waals surface area contributed by atoms with Gasteiger partial charge in [0.2, 0.25) is 0 Å². The molecule has 0 amide bonds. The smallest absolute Gasteiger partial charge is 0.165 e. The standard InChI is InChI=1S/C12H8Cl2N2O2S/c13-11-6-10(12(14)16-15-11)19-7-1-2-8-9(5-7)18-4-3-17-8/h1-2,5-6H,3-4H2. The topological polar surface area (TPSA) is 44.2 Å². The summed E-state index contributed by atoms with van der Waals surface area (Å²) in [7, 11) is 0. The van der Waals surface area contributed by atoms with E-state index in [0.29, 0.717) is 23.5 Å². The van der Waals surface area contributed by atoms with Crippen LogP contribution in [0.15, 0.2) is 34.1 Å². The lowest BCUT2D eigenvalue weighted by Gasteiger charge is -2.18. The van der Waals surface area contributed by atoms with E-state index in [4.69, 9.17) is 32.7 Å². The van der Waals surface area contributed by atoms with Gasteiger partial charge in [-0.1, -0.05) is 35.0 Å². The number of benzene rings is 1. The molecule has 19 heavy (non-hydrogen) atoms. The van der Waals surface area contributed by atoms with Crippen LogP contribution in [0.2, 0.25) is 10.3 Å². The Labute approximate surface area is 124 Å². The molecule has 0 saturated carbocycles. The Balaban J connectivity index is 1.89. The molecule has 0 saturated heterocycles. The number of aromatic nitrogens is 2. The van der Waals surface area contributed by atoms with Gasteiger partial charge in [-0.15, -0.1) is 10.2 Å². The van der Waals surface area contributed by atoms with Crippen LogP contribution in [0, 0.1) is 0 Å². The lowest BCUT2D eigenvalue weighted by atomic mass is 10.3. The molecule has 3 rings (SSSR count). The van der Waals surface area contributed by atoms with E-state index in [1.165, 1.54) is 11.8 Å². The summed E-state index contributed by atoms with van der Waals surface area (Å²) in [6.45, 7) is 1.14. The monoisotopic (exact) mass is 314 g/mol. The molecule has 0 spiro atoms. The van der Waals surface area contributed by atoms with E-state index in [1.807, 2.05) is 18.2 Å². The molecule has 0 fully saturated rings. The molecule has 2 aromatic rings. The number of hydrogen-bond acceptors (Lipinski definition) is 5. The zero-order chi connectivity index (χ0) is 13.2. The first kappa shape index (κ1) is 12.8. The van der Waals surface area contributed by atoms with Gasteiger partial charge in [-0.3, -0.25) is 0 Å². The summed E-state index contributed by atoms with van der Waals surface area (Å²) < 4.78 is 11.0. The first-order chi connectivity index (χ1) is 9.22. The predicted octanol–water partition coefficient (Wildman–Crippen LogP) is 3.71. The molecule has 7 heteroatoms. The third kappa shape index (κ3) is 2.88. The Kier molecular flexibility index (Phi) is 3.68. The number of fused-ring (bicyclic) bond motifs is 1. The van der Waals surface area contributed by atoms with Crippen LogP contribution in [0.25, 0.3) is 0 Å². The van der Waals surface area contributed by atoms with Crippen molar-refractivity contribution < 1.29 is 9.47 Å². The van der Waals surface area contributed by atoms with Gasteiger partial charge in [-0.25, -0.2) is 0 Å².